The zero-order valence-corrected chi connectivity index (χ0v) is 15.9. The molecule has 0 saturated carbocycles. The first kappa shape index (κ1) is 19.4. The maximum absolute atomic E-state index is 12.2. The van der Waals surface area contributed by atoms with E-state index in [1.807, 2.05) is 39.0 Å². The third-order valence-electron chi connectivity index (χ3n) is 4.15. The second-order valence-corrected chi connectivity index (χ2v) is 7.32. The Labute approximate surface area is 150 Å². The van der Waals surface area contributed by atoms with Crippen LogP contribution in [0.3, 0.4) is 0 Å². The summed E-state index contributed by atoms with van der Waals surface area (Å²) in [6.07, 6.45) is 1.77. The molecule has 1 heterocycles. The molecule has 6 heteroatoms. The number of nitrogens with one attached hydrogen (secondary N) is 1. The largest absolute Gasteiger partial charge is 0.497 e. The molecule has 0 unspecified atom stereocenters. The van der Waals surface area contributed by atoms with Crippen molar-refractivity contribution in [2.45, 2.75) is 51.8 Å². The molecule has 1 fully saturated rings. The van der Waals surface area contributed by atoms with Gasteiger partial charge in [-0.25, -0.2) is 4.79 Å². The molecular formula is C19H30N2O4. The van der Waals surface area contributed by atoms with E-state index in [4.69, 9.17) is 14.2 Å². The summed E-state index contributed by atoms with van der Waals surface area (Å²) in [6.45, 7) is 7.76. The number of piperidine rings is 1. The summed E-state index contributed by atoms with van der Waals surface area (Å²) in [5.41, 5.74) is 0.603. The number of ether oxygens (including phenoxy) is 3. The zero-order chi connectivity index (χ0) is 18.4. The Kier molecular flexibility index (Phi) is 6.53. The van der Waals surface area contributed by atoms with E-state index in [0.717, 1.165) is 36.4 Å². The number of carbonyl (C=O) groups is 1. The smallest absolute Gasteiger partial charge is 0.410 e. The number of rotatable bonds is 5. The average Bonchev–Trinajstić information content (AvgIpc) is 2.58. The first-order valence-electron chi connectivity index (χ1n) is 8.74. The molecule has 1 saturated heterocycles. The van der Waals surface area contributed by atoms with Crippen LogP contribution in [0.4, 0.5) is 4.79 Å². The zero-order valence-electron chi connectivity index (χ0n) is 15.9. The number of amides is 1. The fraction of sp³-hybridized carbons (Fsp3) is 0.632. The van der Waals surface area contributed by atoms with E-state index >= 15 is 0 Å². The summed E-state index contributed by atoms with van der Waals surface area (Å²) in [5, 5.41) is 3.53. The predicted molar refractivity (Wildman–Crippen MR) is 97.2 cm³/mol. The standard InChI is InChI=1S/C19H30N2O4/c1-19(2,3)25-18(22)21-10-6-7-15(13-21)20-12-14-8-9-16(23-4)11-17(14)24-5/h8-9,11,15,20H,6-7,10,12-13H2,1-5H3/t15-/m1/s1. The van der Waals surface area contributed by atoms with Crippen molar-refractivity contribution in [2.24, 2.45) is 0 Å². The van der Waals surface area contributed by atoms with Crippen LogP contribution in [-0.4, -0.2) is 49.9 Å². The van der Waals surface area contributed by atoms with Gasteiger partial charge in [0.15, 0.2) is 0 Å². The molecule has 25 heavy (non-hydrogen) atoms. The molecule has 1 atom stereocenters. The minimum absolute atomic E-state index is 0.235. The molecular weight excluding hydrogens is 320 g/mol. The van der Waals surface area contributed by atoms with Crippen LogP contribution in [0.15, 0.2) is 18.2 Å². The summed E-state index contributed by atoms with van der Waals surface area (Å²) in [6, 6.07) is 6.05. The fourth-order valence-electron chi connectivity index (χ4n) is 2.89. The van der Waals surface area contributed by atoms with E-state index in [1.54, 1.807) is 19.1 Å². The van der Waals surface area contributed by atoms with Gasteiger partial charge in [0.1, 0.15) is 17.1 Å². The number of benzene rings is 1. The van der Waals surface area contributed by atoms with Gasteiger partial charge in [-0.2, -0.15) is 0 Å². The molecule has 0 aliphatic carbocycles. The van der Waals surface area contributed by atoms with E-state index in [1.165, 1.54) is 0 Å². The van der Waals surface area contributed by atoms with E-state index in [-0.39, 0.29) is 12.1 Å². The van der Waals surface area contributed by atoms with E-state index in [9.17, 15) is 4.79 Å². The van der Waals surface area contributed by atoms with Crippen molar-refractivity contribution in [1.29, 1.82) is 0 Å². The van der Waals surface area contributed by atoms with Gasteiger partial charge < -0.3 is 24.4 Å². The SMILES string of the molecule is COc1ccc(CN[C@@H]2CCCN(C(=O)OC(C)(C)C)C2)c(OC)c1. The maximum atomic E-state index is 12.2. The van der Waals surface area contributed by atoms with Crippen LogP contribution in [-0.2, 0) is 11.3 Å². The number of methoxy groups -OCH3 is 2. The summed E-state index contributed by atoms with van der Waals surface area (Å²) in [4.78, 5) is 14.0. The van der Waals surface area contributed by atoms with Crippen molar-refractivity contribution >= 4 is 6.09 Å². The molecule has 0 spiro atoms. The molecule has 1 aromatic rings. The Morgan fingerprint density at radius 2 is 2.04 bits per heavy atom. The highest BCUT2D eigenvalue weighted by atomic mass is 16.6. The third-order valence-corrected chi connectivity index (χ3v) is 4.15. The molecule has 6 nitrogen and oxygen atoms in total. The van der Waals surface area contributed by atoms with E-state index in [2.05, 4.69) is 5.32 Å². The van der Waals surface area contributed by atoms with Crippen LogP contribution in [0, 0.1) is 0 Å². The first-order chi connectivity index (χ1) is 11.8. The Morgan fingerprint density at radius 3 is 2.68 bits per heavy atom. The summed E-state index contributed by atoms with van der Waals surface area (Å²) >= 11 is 0. The maximum Gasteiger partial charge on any atom is 0.410 e. The topological polar surface area (TPSA) is 60.0 Å². The summed E-state index contributed by atoms with van der Waals surface area (Å²) in [5.74, 6) is 1.57. The van der Waals surface area contributed by atoms with Crippen LogP contribution in [0.2, 0.25) is 0 Å². The highest BCUT2D eigenvalue weighted by Gasteiger charge is 2.27. The van der Waals surface area contributed by atoms with Crippen LogP contribution >= 0.6 is 0 Å². The van der Waals surface area contributed by atoms with Crippen molar-refractivity contribution in [1.82, 2.24) is 10.2 Å². The average molecular weight is 350 g/mol. The second-order valence-electron chi connectivity index (χ2n) is 7.32. The van der Waals surface area contributed by atoms with Crippen LogP contribution in [0.25, 0.3) is 0 Å². The predicted octanol–water partition coefficient (Wildman–Crippen LogP) is 3.19. The highest BCUT2D eigenvalue weighted by molar-refractivity contribution is 5.68. The van der Waals surface area contributed by atoms with E-state index < -0.39 is 5.60 Å². The third kappa shape index (κ3) is 5.81. The summed E-state index contributed by atoms with van der Waals surface area (Å²) < 4.78 is 16.1. The van der Waals surface area contributed by atoms with Crippen LogP contribution in [0.5, 0.6) is 11.5 Å². The van der Waals surface area contributed by atoms with Crippen LogP contribution in [0.1, 0.15) is 39.2 Å². The first-order valence-corrected chi connectivity index (χ1v) is 8.74. The molecule has 140 valence electrons. The van der Waals surface area contributed by atoms with Crippen molar-refractivity contribution in [2.75, 3.05) is 27.3 Å². The number of hydrogen-bond donors (Lipinski definition) is 1. The molecule has 1 N–H and O–H groups in total. The van der Waals surface area contributed by atoms with E-state index in [0.29, 0.717) is 13.1 Å². The molecule has 1 aliphatic heterocycles. The lowest BCUT2D eigenvalue weighted by Crippen LogP contribution is -2.49. The number of hydrogen-bond acceptors (Lipinski definition) is 5. The molecule has 0 aromatic heterocycles. The number of likely N-dealkylation sites (tertiary alicyclic amines) is 1. The molecule has 1 aromatic carbocycles. The van der Waals surface area contributed by atoms with Gasteiger partial charge in [-0.05, 0) is 39.7 Å². The Bertz CT molecular complexity index is 583. The molecule has 0 bridgehead atoms. The van der Waals surface area contributed by atoms with Gasteiger partial charge in [-0.3, -0.25) is 0 Å². The van der Waals surface area contributed by atoms with Gasteiger partial charge >= 0.3 is 6.09 Å². The Morgan fingerprint density at radius 1 is 1.28 bits per heavy atom. The lowest BCUT2D eigenvalue weighted by atomic mass is 10.1. The lowest BCUT2D eigenvalue weighted by molar-refractivity contribution is 0.0187. The van der Waals surface area contributed by atoms with Gasteiger partial charge in [0.2, 0.25) is 0 Å². The minimum Gasteiger partial charge on any atom is -0.497 e. The Balaban J connectivity index is 1.92. The van der Waals surface area contributed by atoms with Crippen molar-refractivity contribution in [3.8, 4) is 11.5 Å². The number of nitrogens with zero attached hydrogens (tertiary/aromatic N) is 1. The lowest BCUT2D eigenvalue weighted by Gasteiger charge is -2.34. The van der Waals surface area contributed by atoms with Crippen molar-refractivity contribution < 1.29 is 19.0 Å². The van der Waals surface area contributed by atoms with Gasteiger partial charge in [-0.1, -0.05) is 6.07 Å². The second kappa shape index (κ2) is 8.43. The molecule has 0 radical (unpaired) electrons. The number of carbonyl (C=O) groups excluding carboxylic acids is 1. The van der Waals surface area contributed by atoms with Crippen molar-refractivity contribution in [3.63, 3.8) is 0 Å². The normalized spacial score (nSPS) is 18.0. The van der Waals surface area contributed by atoms with Crippen molar-refractivity contribution in [3.05, 3.63) is 23.8 Å². The summed E-state index contributed by atoms with van der Waals surface area (Å²) in [7, 11) is 3.29. The Hall–Kier alpha value is -1.95. The highest BCUT2D eigenvalue weighted by Crippen LogP contribution is 2.25. The van der Waals surface area contributed by atoms with Gasteiger partial charge in [0.25, 0.3) is 0 Å². The molecule has 2 rings (SSSR count). The quantitative estimate of drug-likeness (QED) is 0.884. The molecule has 1 amide bonds. The molecule has 1 aliphatic rings. The van der Waals surface area contributed by atoms with Gasteiger partial charge in [0.05, 0.1) is 14.2 Å². The monoisotopic (exact) mass is 350 g/mol. The van der Waals surface area contributed by atoms with Gasteiger partial charge in [0, 0.05) is 37.3 Å². The minimum atomic E-state index is -0.464. The van der Waals surface area contributed by atoms with Gasteiger partial charge in [-0.15, -0.1) is 0 Å². The fourth-order valence-corrected chi connectivity index (χ4v) is 2.89. The van der Waals surface area contributed by atoms with Crippen LogP contribution < -0.4 is 14.8 Å².